The Balaban J connectivity index is 0.00000338. The van der Waals surface area contributed by atoms with Crippen LogP contribution >= 0.6 is 24.0 Å². The second kappa shape index (κ2) is 13.3. The van der Waals surface area contributed by atoms with Crippen LogP contribution in [0.4, 0.5) is 0 Å². The number of hydrogen-bond donors (Lipinski definition) is 2. The van der Waals surface area contributed by atoms with E-state index in [1.54, 1.807) is 7.05 Å². The molecule has 0 spiro atoms. The third kappa shape index (κ3) is 8.20. The molecule has 1 aliphatic rings. The predicted molar refractivity (Wildman–Crippen MR) is 117 cm³/mol. The number of rotatable bonds is 9. The highest BCUT2D eigenvalue weighted by Crippen LogP contribution is 2.16. The molecule has 1 aromatic rings. The second-order valence-corrected chi connectivity index (χ2v) is 6.48. The summed E-state index contributed by atoms with van der Waals surface area (Å²) in [6.45, 7) is 3.95. The van der Waals surface area contributed by atoms with Crippen molar-refractivity contribution < 1.29 is 9.47 Å². The van der Waals surface area contributed by atoms with E-state index in [0.717, 1.165) is 51.7 Å². The lowest BCUT2D eigenvalue weighted by molar-refractivity contribution is 0.0420. The van der Waals surface area contributed by atoms with Gasteiger partial charge < -0.3 is 25.0 Å². The molecule has 148 valence electrons. The number of benzene rings is 1. The van der Waals surface area contributed by atoms with Crippen molar-refractivity contribution in [3.8, 4) is 0 Å². The van der Waals surface area contributed by atoms with Gasteiger partial charge in [0, 0.05) is 33.4 Å². The Hall–Kier alpha value is -0.900. The first-order valence-corrected chi connectivity index (χ1v) is 9.06. The molecule has 0 aromatic heterocycles. The van der Waals surface area contributed by atoms with Gasteiger partial charge in [0.1, 0.15) is 0 Å². The van der Waals surface area contributed by atoms with Crippen LogP contribution in [-0.4, -0.2) is 71.0 Å². The van der Waals surface area contributed by atoms with Crippen molar-refractivity contribution in [2.75, 3.05) is 54.1 Å². The lowest BCUT2D eigenvalue weighted by Gasteiger charge is -2.26. The van der Waals surface area contributed by atoms with E-state index in [1.807, 2.05) is 6.07 Å². The largest absolute Gasteiger partial charge is 0.379 e. The Bertz CT molecular complexity index is 508. The topological polar surface area (TPSA) is 58.1 Å². The molecule has 6 nitrogen and oxygen atoms in total. The minimum Gasteiger partial charge on any atom is -0.379 e. The molecule has 0 aliphatic carbocycles. The van der Waals surface area contributed by atoms with Crippen LogP contribution in [0.15, 0.2) is 35.3 Å². The van der Waals surface area contributed by atoms with Crippen molar-refractivity contribution >= 4 is 29.9 Å². The highest BCUT2D eigenvalue weighted by Gasteiger charge is 2.16. The summed E-state index contributed by atoms with van der Waals surface area (Å²) in [5.74, 6) is 0.826. The van der Waals surface area contributed by atoms with Crippen LogP contribution in [0, 0.1) is 0 Å². The normalized spacial score (nSPS) is 18.5. The Morgan fingerprint density at radius 2 is 2.08 bits per heavy atom. The summed E-state index contributed by atoms with van der Waals surface area (Å²) in [6.07, 6.45) is 2.25. The number of likely N-dealkylation sites (N-methyl/N-ethyl adjacent to an activating group) is 1. The molecule has 1 aliphatic heterocycles. The number of guanidine groups is 1. The van der Waals surface area contributed by atoms with E-state index in [2.05, 4.69) is 58.9 Å². The molecule has 0 amide bonds. The molecule has 26 heavy (non-hydrogen) atoms. The summed E-state index contributed by atoms with van der Waals surface area (Å²) in [5.41, 5.74) is 1.29. The number of aliphatic imine (C=N–C) groups is 1. The maximum Gasteiger partial charge on any atom is 0.191 e. The van der Waals surface area contributed by atoms with Gasteiger partial charge in [-0.25, -0.2) is 0 Å². The molecule has 1 fully saturated rings. The highest BCUT2D eigenvalue weighted by atomic mass is 127. The van der Waals surface area contributed by atoms with Gasteiger partial charge in [0.15, 0.2) is 5.96 Å². The fourth-order valence-electron chi connectivity index (χ4n) is 2.86. The van der Waals surface area contributed by atoms with Gasteiger partial charge >= 0.3 is 0 Å². The summed E-state index contributed by atoms with van der Waals surface area (Å²) < 4.78 is 11.1. The van der Waals surface area contributed by atoms with Gasteiger partial charge in [-0.1, -0.05) is 30.3 Å². The summed E-state index contributed by atoms with van der Waals surface area (Å²) in [5, 5.41) is 6.77. The quantitative estimate of drug-likeness (QED) is 0.248. The first kappa shape index (κ1) is 23.1. The van der Waals surface area contributed by atoms with E-state index in [-0.39, 0.29) is 30.1 Å². The van der Waals surface area contributed by atoms with E-state index in [4.69, 9.17) is 9.47 Å². The fourth-order valence-corrected chi connectivity index (χ4v) is 2.86. The standard InChI is InChI=1S/C19H32N4O2.HI/c1-20-19(21-11-7-12-25-17-10-13-24-15-17)22-14-18(23(2)3)16-8-5-4-6-9-16;/h4-6,8-9,17-18H,7,10-15H2,1-3H3,(H2,20,21,22);1H. The average molecular weight is 476 g/mol. The van der Waals surface area contributed by atoms with Crippen molar-refractivity contribution in [1.82, 2.24) is 15.5 Å². The van der Waals surface area contributed by atoms with Crippen molar-refractivity contribution in [2.45, 2.75) is 25.0 Å². The second-order valence-electron chi connectivity index (χ2n) is 6.48. The zero-order chi connectivity index (χ0) is 17.9. The SMILES string of the molecule is CN=C(NCCCOC1CCOC1)NCC(c1ccccc1)N(C)C.I. The molecule has 0 saturated carbocycles. The molecule has 1 aromatic carbocycles. The van der Waals surface area contributed by atoms with Gasteiger partial charge in [-0.05, 0) is 32.5 Å². The molecule has 1 heterocycles. The Morgan fingerprint density at radius 3 is 2.69 bits per heavy atom. The lowest BCUT2D eigenvalue weighted by atomic mass is 10.1. The molecule has 2 unspecified atom stereocenters. The number of nitrogens with zero attached hydrogens (tertiary/aromatic N) is 2. The fraction of sp³-hybridized carbons (Fsp3) is 0.632. The third-order valence-corrected chi connectivity index (χ3v) is 4.35. The van der Waals surface area contributed by atoms with Gasteiger partial charge in [0.2, 0.25) is 0 Å². The van der Waals surface area contributed by atoms with Crippen molar-refractivity contribution in [2.24, 2.45) is 4.99 Å². The van der Waals surface area contributed by atoms with Crippen molar-refractivity contribution in [1.29, 1.82) is 0 Å². The third-order valence-electron chi connectivity index (χ3n) is 4.35. The summed E-state index contributed by atoms with van der Waals surface area (Å²) in [6, 6.07) is 10.8. The monoisotopic (exact) mass is 476 g/mol. The summed E-state index contributed by atoms with van der Waals surface area (Å²) in [4.78, 5) is 6.52. The Morgan fingerprint density at radius 1 is 1.31 bits per heavy atom. The van der Waals surface area contributed by atoms with E-state index >= 15 is 0 Å². The van der Waals surface area contributed by atoms with E-state index in [9.17, 15) is 0 Å². The first-order valence-electron chi connectivity index (χ1n) is 9.06. The molecule has 1 saturated heterocycles. The van der Waals surface area contributed by atoms with Gasteiger partial charge in [-0.3, -0.25) is 4.99 Å². The summed E-state index contributed by atoms with van der Waals surface area (Å²) in [7, 11) is 5.99. The van der Waals surface area contributed by atoms with Crippen LogP contribution in [0.25, 0.3) is 0 Å². The zero-order valence-corrected chi connectivity index (χ0v) is 18.4. The number of hydrogen-bond acceptors (Lipinski definition) is 4. The zero-order valence-electron chi connectivity index (χ0n) is 16.1. The van der Waals surface area contributed by atoms with Gasteiger partial charge in [-0.2, -0.15) is 0 Å². The lowest BCUT2D eigenvalue weighted by Crippen LogP contribution is -2.42. The number of ether oxygens (including phenoxy) is 2. The molecule has 2 atom stereocenters. The number of halogens is 1. The van der Waals surface area contributed by atoms with Crippen LogP contribution < -0.4 is 10.6 Å². The van der Waals surface area contributed by atoms with Crippen molar-refractivity contribution in [3.63, 3.8) is 0 Å². The van der Waals surface area contributed by atoms with Crippen LogP contribution in [0.5, 0.6) is 0 Å². The highest BCUT2D eigenvalue weighted by molar-refractivity contribution is 14.0. The molecular weight excluding hydrogens is 443 g/mol. The molecule has 2 rings (SSSR count). The Kier molecular flexibility index (Phi) is 11.8. The van der Waals surface area contributed by atoms with Crippen molar-refractivity contribution in [3.05, 3.63) is 35.9 Å². The van der Waals surface area contributed by atoms with Crippen LogP contribution in [0.1, 0.15) is 24.4 Å². The molecule has 7 heteroatoms. The molecule has 2 N–H and O–H groups in total. The Labute approximate surface area is 174 Å². The maximum atomic E-state index is 5.77. The van der Waals surface area contributed by atoms with E-state index in [1.165, 1.54) is 5.56 Å². The maximum absolute atomic E-state index is 5.77. The minimum atomic E-state index is 0. The molecular formula is C19H33IN4O2. The van der Waals surface area contributed by atoms with Crippen LogP contribution in [0.2, 0.25) is 0 Å². The van der Waals surface area contributed by atoms with Gasteiger partial charge in [-0.15, -0.1) is 24.0 Å². The van der Waals surface area contributed by atoms with Crippen LogP contribution in [-0.2, 0) is 9.47 Å². The van der Waals surface area contributed by atoms with E-state index < -0.39 is 0 Å². The van der Waals surface area contributed by atoms with E-state index in [0.29, 0.717) is 6.04 Å². The first-order chi connectivity index (χ1) is 12.2. The molecule has 0 radical (unpaired) electrons. The molecule has 0 bridgehead atoms. The van der Waals surface area contributed by atoms with Gasteiger partial charge in [0.25, 0.3) is 0 Å². The average Bonchev–Trinajstić information content (AvgIpc) is 3.14. The summed E-state index contributed by atoms with van der Waals surface area (Å²) >= 11 is 0. The predicted octanol–water partition coefficient (Wildman–Crippen LogP) is 2.27. The van der Waals surface area contributed by atoms with Gasteiger partial charge in [0.05, 0.1) is 18.8 Å². The number of nitrogens with one attached hydrogen (secondary N) is 2. The van der Waals surface area contributed by atoms with Crippen LogP contribution in [0.3, 0.4) is 0 Å². The minimum absolute atomic E-state index is 0. The smallest absolute Gasteiger partial charge is 0.191 e.